The molecule has 2 aliphatic rings. The van der Waals surface area contributed by atoms with Gasteiger partial charge in [-0.1, -0.05) is 6.92 Å². The van der Waals surface area contributed by atoms with Gasteiger partial charge in [-0.3, -0.25) is 4.90 Å². The predicted octanol–water partition coefficient (Wildman–Crippen LogP) is 2.34. The Morgan fingerprint density at radius 1 is 1.44 bits per heavy atom. The van der Waals surface area contributed by atoms with E-state index in [1.54, 1.807) is 0 Å². The summed E-state index contributed by atoms with van der Waals surface area (Å²) in [5, 5.41) is 4.49. The average Bonchev–Trinajstić information content (AvgIpc) is 2.84. The van der Waals surface area contributed by atoms with Crippen LogP contribution < -0.4 is 5.32 Å². The Morgan fingerprint density at radius 2 is 2.25 bits per heavy atom. The molecule has 0 aromatic carbocycles. The van der Waals surface area contributed by atoms with Crippen LogP contribution in [0, 0.1) is 0 Å². The van der Waals surface area contributed by atoms with Crippen molar-refractivity contribution in [3.8, 4) is 0 Å². The molecule has 3 heteroatoms. The normalized spacial score (nSPS) is 35.4. The van der Waals surface area contributed by atoms with E-state index in [4.69, 9.17) is 0 Å². The van der Waals surface area contributed by atoms with Crippen molar-refractivity contribution in [3.63, 3.8) is 0 Å². The van der Waals surface area contributed by atoms with Crippen molar-refractivity contribution in [1.82, 2.24) is 10.2 Å². The summed E-state index contributed by atoms with van der Waals surface area (Å²) in [6.07, 6.45) is 4.13. The van der Waals surface area contributed by atoms with Gasteiger partial charge in [0.15, 0.2) is 0 Å². The highest BCUT2D eigenvalue weighted by molar-refractivity contribution is 8.00. The molecule has 2 aliphatic heterocycles. The molecule has 0 saturated carbocycles. The van der Waals surface area contributed by atoms with Crippen molar-refractivity contribution in [3.05, 3.63) is 0 Å². The first kappa shape index (κ1) is 12.7. The fourth-order valence-corrected chi connectivity index (χ4v) is 4.21. The molecular formula is C13H26N2S. The molecule has 0 aromatic rings. The standard InChI is InChI=1S/C13H26N2S/c1-10(2)15(8-12-5-4-6-14-12)13-7-11(3)16-9-13/h10-14H,4-9H2,1-3H3. The molecule has 94 valence electrons. The minimum atomic E-state index is 0.693. The van der Waals surface area contributed by atoms with Gasteiger partial charge < -0.3 is 5.32 Å². The zero-order chi connectivity index (χ0) is 11.5. The molecule has 0 spiro atoms. The summed E-state index contributed by atoms with van der Waals surface area (Å²) in [5.41, 5.74) is 0. The van der Waals surface area contributed by atoms with Crippen LogP contribution in [-0.2, 0) is 0 Å². The first-order valence-corrected chi connectivity index (χ1v) is 7.82. The second-order valence-corrected chi connectivity index (χ2v) is 7.09. The lowest BCUT2D eigenvalue weighted by Crippen LogP contribution is -2.47. The monoisotopic (exact) mass is 242 g/mol. The van der Waals surface area contributed by atoms with E-state index in [-0.39, 0.29) is 0 Å². The van der Waals surface area contributed by atoms with Gasteiger partial charge in [0.25, 0.3) is 0 Å². The van der Waals surface area contributed by atoms with Crippen LogP contribution in [0.3, 0.4) is 0 Å². The van der Waals surface area contributed by atoms with Crippen LogP contribution >= 0.6 is 11.8 Å². The Labute approximate surface area is 105 Å². The van der Waals surface area contributed by atoms with E-state index < -0.39 is 0 Å². The third kappa shape index (κ3) is 3.14. The average molecular weight is 242 g/mol. The highest BCUT2D eigenvalue weighted by Crippen LogP contribution is 2.30. The van der Waals surface area contributed by atoms with Gasteiger partial charge in [-0.05, 0) is 39.7 Å². The highest BCUT2D eigenvalue weighted by atomic mass is 32.2. The Hall–Kier alpha value is 0.270. The molecule has 2 heterocycles. The van der Waals surface area contributed by atoms with E-state index in [0.717, 1.165) is 17.3 Å². The van der Waals surface area contributed by atoms with Gasteiger partial charge in [-0.2, -0.15) is 11.8 Å². The molecule has 1 N–H and O–H groups in total. The van der Waals surface area contributed by atoms with E-state index in [0.29, 0.717) is 6.04 Å². The molecule has 2 saturated heterocycles. The zero-order valence-corrected chi connectivity index (χ0v) is 11.7. The number of nitrogens with zero attached hydrogens (tertiary/aromatic N) is 1. The molecule has 0 radical (unpaired) electrons. The second-order valence-electron chi connectivity index (χ2n) is 5.62. The topological polar surface area (TPSA) is 15.3 Å². The molecule has 2 fully saturated rings. The molecular weight excluding hydrogens is 216 g/mol. The maximum Gasteiger partial charge on any atom is 0.0200 e. The lowest BCUT2D eigenvalue weighted by molar-refractivity contribution is 0.150. The van der Waals surface area contributed by atoms with Gasteiger partial charge in [0, 0.05) is 35.7 Å². The molecule has 16 heavy (non-hydrogen) atoms. The van der Waals surface area contributed by atoms with Crippen molar-refractivity contribution in [2.45, 2.75) is 63.4 Å². The van der Waals surface area contributed by atoms with Crippen molar-refractivity contribution in [2.24, 2.45) is 0 Å². The Balaban J connectivity index is 1.88. The quantitative estimate of drug-likeness (QED) is 0.814. The number of hydrogen-bond acceptors (Lipinski definition) is 3. The number of nitrogens with one attached hydrogen (secondary N) is 1. The molecule has 3 unspecified atom stereocenters. The van der Waals surface area contributed by atoms with Gasteiger partial charge in [-0.15, -0.1) is 0 Å². The van der Waals surface area contributed by atoms with Crippen LogP contribution in [0.1, 0.15) is 40.0 Å². The Bertz CT molecular complexity index is 214. The van der Waals surface area contributed by atoms with Crippen LogP contribution in [0.15, 0.2) is 0 Å². The van der Waals surface area contributed by atoms with Gasteiger partial charge in [-0.25, -0.2) is 0 Å². The van der Waals surface area contributed by atoms with Crippen LogP contribution in [0.4, 0.5) is 0 Å². The maximum absolute atomic E-state index is 3.63. The van der Waals surface area contributed by atoms with Crippen molar-refractivity contribution < 1.29 is 0 Å². The molecule has 2 nitrogen and oxygen atoms in total. The largest absolute Gasteiger partial charge is 0.313 e. The summed E-state index contributed by atoms with van der Waals surface area (Å²) in [7, 11) is 0. The summed E-state index contributed by atoms with van der Waals surface area (Å²) in [6.45, 7) is 9.56. The first-order chi connectivity index (χ1) is 7.66. The van der Waals surface area contributed by atoms with Gasteiger partial charge in [0.05, 0.1) is 0 Å². The van der Waals surface area contributed by atoms with E-state index in [1.165, 1.54) is 38.1 Å². The van der Waals surface area contributed by atoms with Crippen LogP contribution in [0.2, 0.25) is 0 Å². The van der Waals surface area contributed by atoms with Gasteiger partial charge in [0.1, 0.15) is 0 Å². The summed E-state index contributed by atoms with van der Waals surface area (Å²) >= 11 is 2.15. The van der Waals surface area contributed by atoms with Gasteiger partial charge >= 0.3 is 0 Å². The minimum Gasteiger partial charge on any atom is -0.313 e. The number of thioether (sulfide) groups is 1. The Morgan fingerprint density at radius 3 is 2.75 bits per heavy atom. The molecule has 3 atom stereocenters. The lowest BCUT2D eigenvalue weighted by atomic mass is 10.1. The van der Waals surface area contributed by atoms with Crippen molar-refractivity contribution >= 4 is 11.8 Å². The number of rotatable bonds is 4. The minimum absolute atomic E-state index is 0.693. The highest BCUT2D eigenvalue weighted by Gasteiger charge is 2.30. The van der Waals surface area contributed by atoms with Crippen LogP contribution in [0.5, 0.6) is 0 Å². The van der Waals surface area contributed by atoms with Crippen LogP contribution in [-0.4, -0.2) is 47.1 Å². The van der Waals surface area contributed by atoms with Crippen LogP contribution in [0.25, 0.3) is 0 Å². The fraction of sp³-hybridized carbons (Fsp3) is 1.00. The molecule has 0 amide bonds. The second kappa shape index (κ2) is 5.74. The molecule has 0 aliphatic carbocycles. The van der Waals surface area contributed by atoms with E-state index in [9.17, 15) is 0 Å². The SMILES string of the molecule is CC1CC(N(CC2CCCN2)C(C)C)CS1. The summed E-state index contributed by atoms with van der Waals surface area (Å²) in [6, 6.07) is 2.27. The van der Waals surface area contributed by atoms with E-state index in [2.05, 4.69) is 42.7 Å². The van der Waals surface area contributed by atoms with E-state index in [1.807, 2.05) is 0 Å². The fourth-order valence-electron chi connectivity index (χ4n) is 2.97. The first-order valence-electron chi connectivity index (χ1n) is 6.77. The van der Waals surface area contributed by atoms with Gasteiger partial charge in [0.2, 0.25) is 0 Å². The maximum atomic E-state index is 3.63. The zero-order valence-electron chi connectivity index (χ0n) is 10.9. The summed E-state index contributed by atoms with van der Waals surface area (Å²) in [4.78, 5) is 2.74. The third-order valence-electron chi connectivity index (χ3n) is 3.90. The van der Waals surface area contributed by atoms with Crippen molar-refractivity contribution in [2.75, 3.05) is 18.8 Å². The third-order valence-corrected chi connectivity index (χ3v) is 5.24. The molecule has 0 aromatic heterocycles. The summed E-state index contributed by atoms with van der Waals surface area (Å²) in [5.74, 6) is 1.34. The lowest BCUT2D eigenvalue weighted by Gasteiger charge is -2.34. The molecule has 2 rings (SSSR count). The van der Waals surface area contributed by atoms with E-state index >= 15 is 0 Å². The molecule has 0 bridgehead atoms. The smallest absolute Gasteiger partial charge is 0.0200 e. The van der Waals surface area contributed by atoms with Crippen molar-refractivity contribution in [1.29, 1.82) is 0 Å². The predicted molar refractivity (Wildman–Crippen MR) is 73.2 cm³/mol. The Kier molecular flexibility index (Phi) is 4.57. The summed E-state index contributed by atoms with van der Waals surface area (Å²) < 4.78 is 0. The number of hydrogen-bond donors (Lipinski definition) is 1.